The van der Waals surface area contributed by atoms with Gasteiger partial charge >= 0.3 is 0 Å². The molecule has 2 aromatic carbocycles. The van der Waals surface area contributed by atoms with Gasteiger partial charge in [-0.3, -0.25) is 0 Å². The molecule has 0 amide bonds. The lowest BCUT2D eigenvalue weighted by atomic mass is 10.1. The van der Waals surface area contributed by atoms with Gasteiger partial charge in [0.15, 0.2) is 0 Å². The van der Waals surface area contributed by atoms with Crippen LogP contribution in [0.4, 0.5) is 5.69 Å². The zero-order chi connectivity index (χ0) is 13.4. The molecule has 1 N–H and O–H groups in total. The lowest BCUT2D eigenvalue weighted by molar-refractivity contribution is 0.774. The molecule has 2 aromatic rings. The smallest absolute Gasteiger partial charge is 0.0638 e. The van der Waals surface area contributed by atoms with Crippen LogP contribution in [0.3, 0.4) is 0 Å². The van der Waals surface area contributed by atoms with Gasteiger partial charge in [-0.2, -0.15) is 0 Å². The van der Waals surface area contributed by atoms with Crippen LogP contribution in [0.1, 0.15) is 11.1 Å². The van der Waals surface area contributed by atoms with Crippen molar-refractivity contribution in [1.82, 2.24) is 0 Å². The second-order valence-corrected chi connectivity index (χ2v) is 6.55. The molecular formula is C15H12BrCl2N. The molecule has 0 spiro atoms. The van der Waals surface area contributed by atoms with Crippen LogP contribution in [0.5, 0.6) is 0 Å². The number of benzene rings is 2. The molecule has 3 rings (SSSR count). The molecule has 1 aliphatic rings. The SMILES string of the molecule is Clc1ccc2c(c1)CC(Nc1cc(Br)ccc1Cl)C2. The molecule has 0 radical (unpaired) electrons. The van der Waals surface area contributed by atoms with E-state index in [4.69, 9.17) is 23.2 Å². The van der Waals surface area contributed by atoms with Gasteiger partial charge in [-0.05, 0) is 54.3 Å². The number of halogens is 3. The van der Waals surface area contributed by atoms with Crippen LogP contribution < -0.4 is 5.32 Å². The summed E-state index contributed by atoms with van der Waals surface area (Å²) in [4.78, 5) is 0. The molecule has 0 heterocycles. The summed E-state index contributed by atoms with van der Waals surface area (Å²) in [5.41, 5.74) is 3.67. The molecule has 0 saturated heterocycles. The summed E-state index contributed by atoms with van der Waals surface area (Å²) >= 11 is 15.7. The van der Waals surface area contributed by atoms with E-state index in [2.05, 4.69) is 33.4 Å². The minimum absolute atomic E-state index is 0.375. The lowest BCUT2D eigenvalue weighted by Gasteiger charge is -2.15. The van der Waals surface area contributed by atoms with E-state index in [1.165, 1.54) is 11.1 Å². The summed E-state index contributed by atoms with van der Waals surface area (Å²) in [5.74, 6) is 0. The van der Waals surface area contributed by atoms with Gasteiger partial charge < -0.3 is 5.32 Å². The van der Waals surface area contributed by atoms with Gasteiger partial charge in [0.25, 0.3) is 0 Å². The molecule has 98 valence electrons. The third-order valence-electron chi connectivity index (χ3n) is 3.39. The monoisotopic (exact) mass is 355 g/mol. The van der Waals surface area contributed by atoms with Crippen molar-refractivity contribution in [1.29, 1.82) is 0 Å². The number of rotatable bonds is 2. The Morgan fingerprint density at radius 1 is 1.00 bits per heavy atom. The van der Waals surface area contributed by atoms with Gasteiger partial charge in [-0.15, -0.1) is 0 Å². The van der Waals surface area contributed by atoms with Gasteiger partial charge in [0.1, 0.15) is 0 Å². The Morgan fingerprint density at radius 2 is 1.79 bits per heavy atom. The van der Waals surface area contributed by atoms with Crippen LogP contribution in [0.2, 0.25) is 10.0 Å². The summed E-state index contributed by atoms with van der Waals surface area (Å²) in [7, 11) is 0. The highest BCUT2D eigenvalue weighted by molar-refractivity contribution is 9.10. The minimum atomic E-state index is 0.375. The topological polar surface area (TPSA) is 12.0 Å². The van der Waals surface area contributed by atoms with Crippen LogP contribution in [-0.4, -0.2) is 6.04 Å². The Kier molecular flexibility index (Phi) is 3.75. The number of hydrogen-bond donors (Lipinski definition) is 1. The fraction of sp³-hybridized carbons (Fsp3) is 0.200. The van der Waals surface area contributed by atoms with Crippen molar-refractivity contribution >= 4 is 44.8 Å². The maximum Gasteiger partial charge on any atom is 0.0638 e. The first-order chi connectivity index (χ1) is 9.11. The van der Waals surface area contributed by atoms with E-state index in [1.54, 1.807) is 0 Å². The quantitative estimate of drug-likeness (QED) is 0.766. The minimum Gasteiger partial charge on any atom is -0.380 e. The van der Waals surface area contributed by atoms with E-state index >= 15 is 0 Å². The normalized spacial score (nSPS) is 17.3. The Balaban J connectivity index is 1.78. The molecule has 1 unspecified atom stereocenters. The van der Waals surface area contributed by atoms with Crippen LogP contribution in [0.15, 0.2) is 40.9 Å². The summed E-state index contributed by atoms with van der Waals surface area (Å²) in [6.07, 6.45) is 1.99. The maximum absolute atomic E-state index is 6.21. The summed E-state index contributed by atoms with van der Waals surface area (Å²) < 4.78 is 1.03. The first kappa shape index (κ1) is 13.3. The van der Waals surface area contributed by atoms with E-state index in [1.807, 2.05) is 24.3 Å². The number of nitrogens with one attached hydrogen (secondary N) is 1. The first-order valence-electron chi connectivity index (χ1n) is 6.11. The van der Waals surface area contributed by atoms with E-state index < -0.39 is 0 Å². The predicted octanol–water partition coefficient (Wildman–Crippen LogP) is 5.34. The van der Waals surface area contributed by atoms with Crippen molar-refractivity contribution in [2.24, 2.45) is 0 Å². The standard InChI is InChI=1S/C15H12BrCl2N/c16-11-2-4-14(18)15(8-11)19-13-6-9-1-3-12(17)5-10(9)7-13/h1-5,8,13,19H,6-7H2. The third kappa shape index (κ3) is 2.91. The van der Waals surface area contributed by atoms with Gasteiger partial charge in [0.2, 0.25) is 0 Å². The first-order valence-corrected chi connectivity index (χ1v) is 7.65. The highest BCUT2D eigenvalue weighted by Gasteiger charge is 2.22. The van der Waals surface area contributed by atoms with Crippen molar-refractivity contribution in [3.05, 3.63) is 62.0 Å². The van der Waals surface area contributed by atoms with E-state index in [-0.39, 0.29) is 0 Å². The van der Waals surface area contributed by atoms with Crippen molar-refractivity contribution in [2.45, 2.75) is 18.9 Å². The highest BCUT2D eigenvalue weighted by Crippen LogP contribution is 2.31. The number of anilines is 1. The van der Waals surface area contributed by atoms with Crippen LogP contribution in [-0.2, 0) is 12.8 Å². The molecule has 0 aromatic heterocycles. The third-order valence-corrected chi connectivity index (χ3v) is 4.45. The van der Waals surface area contributed by atoms with E-state index in [9.17, 15) is 0 Å². The Labute approximate surface area is 131 Å². The molecule has 1 atom stereocenters. The van der Waals surface area contributed by atoms with Crippen molar-refractivity contribution in [3.8, 4) is 0 Å². The largest absolute Gasteiger partial charge is 0.380 e. The van der Waals surface area contributed by atoms with Crippen LogP contribution in [0.25, 0.3) is 0 Å². The van der Waals surface area contributed by atoms with Gasteiger partial charge in [-0.25, -0.2) is 0 Å². The molecule has 0 fully saturated rings. The molecule has 0 saturated carbocycles. The average molecular weight is 357 g/mol. The molecule has 4 heteroatoms. The Bertz CT molecular complexity index is 628. The highest BCUT2D eigenvalue weighted by atomic mass is 79.9. The van der Waals surface area contributed by atoms with Gasteiger partial charge in [0.05, 0.1) is 10.7 Å². The van der Waals surface area contributed by atoms with Crippen LogP contribution in [0, 0.1) is 0 Å². The zero-order valence-electron chi connectivity index (χ0n) is 10.1. The second-order valence-electron chi connectivity index (χ2n) is 4.79. The molecule has 1 aliphatic carbocycles. The lowest BCUT2D eigenvalue weighted by Crippen LogP contribution is -2.19. The van der Waals surface area contributed by atoms with Gasteiger partial charge in [0, 0.05) is 15.5 Å². The predicted molar refractivity (Wildman–Crippen MR) is 85.4 cm³/mol. The summed E-state index contributed by atoms with van der Waals surface area (Å²) in [6.45, 7) is 0. The molecule has 1 nitrogen and oxygen atoms in total. The number of hydrogen-bond acceptors (Lipinski definition) is 1. The van der Waals surface area contributed by atoms with Crippen molar-refractivity contribution < 1.29 is 0 Å². The van der Waals surface area contributed by atoms with E-state index in [0.717, 1.165) is 33.0 Å². The van der Waals surface area contributed by atoms with Crippen molar-refractivity contribution in [3.63, 3.8) is 0 Å². The van der Waals surface area contributed by atoms with Gasteiger partial charge in [-0.1, -0.05) is 45.2 Å². The van der Waals surface area contributed by atoms with E-state index in [0.29, 0.717) is 6.04 Å². The molecular weight excluding hydrogens is 345 g/mol. The Hall–Kier alpha value is -0.700. The average Bonchev–Trinajstić information content (AvgIpc) is 2.75. The molecule has 0 aliphatic heterocycles. The summed E-state index contributed by atoms with van der Waals surface area (Å²) in [6, 6.07) is 12.3. The Morgan fingerprint density at radius 3 is 2.63 bits per heavy atom. The fourth-order valence-electron chi connectivity index (χ4n) is 2.52. The molecule has 0 bridgehead atoms. The zero-order valence-corrected chi connectivity index (χ0v) is 13.2. The fourth-order valence-corrected chi connectivity index (χ4v) is 3.24. The number of fused-ring (bicyclic) bond motifs is 1. The van der Waals surface area contributed by atoms with Crippen LogP contribution >= 0.6 is 39.1 Å². The van der Waals surface area contributed by atoms with Crippen molar-refractivity contribution in [2.75, 3.05) is 5.32 Å². The maximum atomic E-state index is 6.21. The summed E-state index contributed by atoms with van der Waals surface area (Å²) in [5, 5.41) is 5.06. The second kappa shape index (κ2) is 5.35. The molecule has 19 heavy (non-hydrogen) atoms.